The molecule has 1 aromatic rings. The van der Waals surface area contributed by atoms with Gasteiger partial charge in [-0.05, 0) is 37.0 Å². The molecule has 2 N–H and O–H groups in total. The highest BCUT2D eigenvalue weighted by atomic mass is 32.2. The van der Waals surface area contributed by atoms with E-state index in [1.807, 2.05) is 6.92 Å². The van der Waals surface area contributed by atoms with Crippen molar-refractivity contribution in [3.05, 3.63) is 23.8 Å². The third-order valence-electron chi connectivity index (χ3n) is 3.69. The van der Waals surface area contributed by atoms with Crippen LogP contribution in [0.25, 0.3) is 0 Å². The molecule has 1 aromatic carbocycles. The molecule has 0 spiro atoms. The second-order valence-corrected chi connectivity index (χ2v) is 7.27. The smallest absolute Gasteiger partial charge is 0.252 e. The van der Waals surface area contributed by atoms with E-state index < -0.39 is 15.9 Å². The Morgan fingerprint density at radius 3 is 2.71 bits per heavy atom. The fourth-order valence-electron chi connectivity index (χ4n) is 2.55. The van der Waals surface area contributed by atoms with Crippen LogP contribution < -0.4 is 10.5 Å². The first-order valence-corrected chi connectivity index (χ1v) is 8.28. The fourth-order valence-corrected chi connectivity index (χ4v) is 4.18. The predicted octanol–water partition coefficient (Wildman–Crippen LogP) is 1.21. The van der Waals surface area contributed by atoms with E-state index in [0.29, 0.717) is 19.0 Å². The Kier molecular flexibility index (Phi) is 4.53. The van der Waals surface area contributed by atoms with Gasteiger partial charge in [0, 0.05) is 13.1 Å². The SMILES string of the molecule is COc1ccc(S(=O)(=O)N2CCC[C@H](C)C2)cc1C(N)=O. The third-order valence-corrected chi connectivity index (χ3v) is 5.56. The molecule has 0 aliphatic carbocycles. The highest BCUT2D eigenvalue weighted by Crippen LogP contribution is 2.27. The molecule has 0 bridgehead atoms. The molecule has 1 heterocycles. The minimum atomic E-state index is -3.61. The highest BCUT2D eigenvalue weighted by Gasteiger charge is 2.29. The standard InChI is InChI=1S/C14H20N2O4S/c1-10-4-3-7-16(9-10)21(18,19)11-5-6-13(20-2)12(8-11)14(15)17/h5-6,8,10H,3-4,7,9H2,1-2H3,(H2,15,17)/t10-/m0/s1. The molecule has 0 unspecified atom stereocenters. The first-order valence-electron chi connectivity index (χ1n) is 6.84. The number of carbonyl (C=O) groups is 1. The van der Waals surface area contributed by atoms with Crippen LogP contribution in [0.15, 0.2) is 23.1 Å². The topological polar surface area (TPSA) is 89.7 Å². The fraction of sp³-hybridized carbons (Fsp3) is 0.500. The Labute approximate surface area is 124 Å². The summed E-state index contributed by atoms with van der Waals surface area (Å²) in [6.45, 7) is 3.04. The molecular formula is C14H20N2O4S. The lowest BCUT2D eigenvalue weighted by atomic mass is 10.0. The highest BCUT2D eigenvalue weighted by molar-refractivity contribution is 7.89. The molecule has 1 saturated heterocycles. The minimum Gasteiger partial charge on any atom is -0.496 e. The number of sulfonamides is 1. The molecule has 1 aliphatic rings. The van der Waals surface area contributed by atoms with Gasteiger partial charge in [0.2, 0.25) is 10.0 Å². The predicted molar refractivity (Wildman–Crippen MR) is 78.7 cm³/mol. The van der Waals surface area contributed by atoms with Gasteiger partial charge in [0.15, 0.2) is 0 Å². The summed E-state index contributed by atoms with van der Waals surface area (Å²) in [4.78, 5) is 11.5. The van der Waals surface area contributed by atoms with E-state index >= 15 is 0 Å². The second-order valence-electron chi connectivity index (χ2n) is 5.34. The van der Waals surface area contributed by atoms with Gasteiger partial charge >= 0.3 is 0 Å². The van der Waals surface area contributed by atoms with Crippen LogP contribution in [-0.2, 0) is 10.0 Å². The maximum absolute atomic E-state index is 12.6. The average molecular weight is 312 g/mol. The minimum absolute atomic E-state index is 0.0728. The molecule has 21 heavy (non-hydrogen) atoms. The van der Waals surface area contributed by atoms with E-state index in [1.165, 1.54) is 29.6 Å². The monoisotopic (exact) mass is 312 g/mol. The van der Waals surface area contributed by atoms with Crippen LogP contribution in [0.4, 0.5) is 0 Å². The largest absolute Gasteiger partial charge is 0.496 e. The summed E-state index contributed by atoms with van der Waals surface area (Å²) in [7, 11) is -2.20. The molecule has 0 aromatic heterocycles. The molecular weight excluding hydrogens is 292 g/mol. The van der Waals surface area contributed by atoms with Crippen molar-refractivity contribution in [1.82, 2.24) is 4.31 Å². The van der Waals surface area contributed by atoms with Crippen molar-refractivity contribution in [1.29, 1.82) is 0 Å². The van der Waals surface area contributed by atoms with Gasteiger partial charge in [0.05, 0.1) is 17.6 Å². The van der Waals surface area contributed by atoms with E-state index in [9.17, 15) is 13.2 Å². The summed E-state index contributed by atoms with van der Waals surface area (Å²) in [6, 6.07) is 4.19. The number of amides is 1. The number of piperidine rings is 1. The van der Waals surface area contributed by atoms with E-state index in [1.54, 1.807) is 0 Å². The zero-order valence-corrected chi connectivity index (χ0v) is 13.0. The lowest BCUT2D eigenvalue weighted by Crippen LogP contribution is -2.39. The number of rotatable bonds is 4. The first-order chi connectivity index (χ1) is 9.86. The average Bonchev–Trinajstić information content (AvgIpc) is 2.46. The Morgan fingerprint density at radius 1 is 1.43 bits per heavy atom. The van der Waals surface area contributed by atoms with Gasteiger partial charge in [-0.15, -0.1) is 0 Å². The number of primary amides is 1. The maximum Gasteiger partial charge on any atom is 0.252 e. The van der Waals surface area contributed by atoms with Crippen molar-refractivity contribution in [3.8, 4) is 5.75 Å². The van der Waals surface area contributed by atoms with Crippen LogP contribution in [-0.4, -0.2) is 38.8 Å². The number of hydrogen-bond acceptors (Lipinski definition) is 4. The Balaban J connectivity index is 2.40. The number of nitrogens with two attached hydrogens (primary N) is 1. The molecule has 0 saturated carbocycles. The molecule has 1 aliphatic heterocycles. The van der Waals surface area contributed by atoms with Crippen molar-refractivity contribution in [2.75, 3.05) is 20.2 Å². The molecule has 1 atom stereocenters. The summed E-state index contributed by atoms with van der Waals surface area (Å²) in [5.74, 6) is -0.105. The van der Waals surface area contributed by atoms with Gasteiger partial charge in [0.1, 0.15) is 5.75 Å². The van der Waals surface area contributed by atoms with Gasteiger partial charge in [0.25, 0.3) is 5.91 Å². The second kappa shape index (κ2) is 6.03. The lowest BCUT2D eigenvalue weighted by molar-refractivity contribution is 0.0997. The number of methoxy groups -OCH3 is 1. The van der Waals surface area contributed by atoms with Crippen molar-refractivity contribution >= 4 is 15.9 Å². The number of benzene rings is 1. The van der Waals surface area contributed by atoms with Crippen LogP contribution in [0.1, 0.15) is 30.1 Å². The Morgan fingerprint density at radius 2 is 2.14 bits per heavy atom. The molecule has 116 valence electrons. The third kappa shape index (κ3) is 3.19. The molecule has 6 nitrogen and oxygen atoms in total. The van der Waals surface area contributed by atoms with Crippen LogP contribution in [0.5, 0.6) is 5.75 Å². The van der Waals surface area contributed by atoms with Crippen molar-refractivity contribution in [2.24, 2.45) is 11.7 Å². The van der Waals surface area contributed by atoms with E-state index in [0.717, 1.165) is 12.8 Å². The van der Waals surface area contributed by atoms with Crippen LogP contribution in [0, 0.1) is 5.92 Å². The Bertz CT molecular complexity index is 642. The lowest BCUT2D eigenvalue weighted by Gasteiger charge is -2.30. The molecule has 1 fully saturated rings. The van der Waals surface area contributed by atoms with Gasteiger partial charge in [-0.1, -0.05) is 6.92 Å². The van der Waals surface area contributed by atoms with E-state index in [2.05, 4.69) is 0 Å². The Hall–Kier alpha value is -1.60. The summed E-state index contributed by atoms with van der Waals surface area (Å²) in [5, 5.41) is 0. The normalized spacial score (nSPS) is 20.2. The van der Waals surface area contributed by atoms with Crippen LogP contribution in [0.2, 0.25) is 0 Å². The van der Waals surface area contributed by atoms with Gasteiger partial charge < -0.3 is 10.5 Å². The number of hydrogen-bond donors (Lipinski definition) is 1. The first kappa shape index (κ1) is 15.8. The maximum atomic E-state index is 12.6. The molecule has 7 heteroatoms. The summed E-state index contributed by atoms with van der Waals surface area (Å²) in [5.41, 5.74) is 5.35. The summed E-state index contributed by atoms with van der Waals surface area (Å²) < 4.78 is 31.8. The van der Waals surface area contributed by atoms with E-state index in [4.69, 9.17) is 10.5 Å². The van der Waals surface area contributed by atoms with Crippen LogP contribution in [0.3, 0.4) is 0 Å². The molecule has 2 rings (SSSR count). The zero-order chi connectivity index (χ0) is 15.6. The number of nitrogens with zero attached hydrogens (tertiary/aromatic N) is 1. The zero-order valence-electron chi connectivity index (χ0n) is 12.2. The van der Waals surface area contributed by atoms with E-state index in [-0.39, 0.29) is 16.2 Å². The van der Waals surface area contributed by atoms with Gasteiger partial charge in [-0.2, -0.15) is 4.31 Å². The molecule has 1 amide bonds. The summed E-state index contributed by atoms with van der Waals surface area (Å²) >= 11 is 0. The van der Waals surface area contributed by atoms with Crippen molar-refractivity contribution in [2.45, 2.75) is 24.7 Å². The summed E-state index contributed by atoms with van der Waals surface area (Å²) in [6.07, 6.45) is 1.88. The number of ether oxygens (including phenoxy) is 1. The van der Waals surface area contributed by atoms with Crippen molar-refractivity contribution in [3.63, 3.8) is 0 Å². The van der Waals surface area contributed by atoms with Crippen molar-refractivity contribution < 1.29 is 17.9 Å². The van der Waals surface area contributed by atoms with Gasteiger partial charge in [-0.3, -0.25) is 4.79 Å². The number of carbonyl (C=O) groups excluding carboxylic acids is 1. The molecule has 0 radical (unpaired) electrons. The van der Waals surface area contributed by atoms with Crippen LogP contribution >= 0.6 is 0 Å². The quantitative estimate of drug-likeness (QED) is 0.905. The van der Waals surface area contributed by atoms with Gasteiger partial charge in [-0.25, -0.2) is 8.42 Å².